The second kappa shape index (κ2) is 7.41. The highest BCUT2D eigenvalue weighted by atomic mass is 16.2. The standard InChI is InChI=1S/C18H20N2O2/c1-13-8-10-16(19-14(2)21)12-17(13)20-18(22)11-9-15-6-4-3-5-7-15/h3-8,10,12H,9,11H2,1-2H3,(H,19,21)(H,20,22). The molecule has 0 atom stereocenters. The summed E-state index contributed by atoms with van der Waals surface area (Å²) < 4.78 is 0. The molecule has 0 saturated heterocycles. The second-order valence-corrected chi connectivity index (χ2v) is 5.24. The van der Waals surface area contributed by atoms with Crippen LogP contribution in [0.4, 0.5) is 11.4 Å². The quantitative estimate of drug-likeness (QED) is 0.887. The van der Waals surface area contributed by atoms with Gasteiger partial charge in [-0.15, -0.1) is 0 Å². The van der Waals surface area contributed by atoms with E-state index in [0.717, 1.165) is 16.8 Å². The normalized spacial score (nSPS) is 10.1. The fraction of sp³-hybridized carbons (Fsp3) is 0.222. The lowest BCUT2D eigenvalue weighted by Crippen LogP contribution is -2.14. The molecule has 2 aromatic carbocycles. The van der Waals surface area contributed by atoms with Crippen molar-refractivity contribution in [3.8, 4) is 0 Å². The number of amides is 2. The van der Waals surface area contributed by atoms with Crippen LogP contribution in [-0.4, -0.2) is 11.8 Å². The Morgan fingerprint density at radius 2 is 1.73 bits per heavy atom. The summed E-state index contributed by atoms with van der Waals surface area (Å²) in [5.74, 6) is -0.169. The molecule has 2 N–H and O–H groups in total. The smallest absolute Gasteiger partial charge is 0.224 e. The molecule has 0 aromatic heterocycles. The summed E-state index contributed by atoms with van der Waals surface area (Å²) in [6.45, 7) is 3.38. The minimum absolute atomic E-state index is 0.0353. The largest absolute Gasteiger partial charge is 0.326 e. The van der Waals surface area contributed by atoms with Crippen molar-refractivity contribution in [2.45, 2.75) is 26.7 Å². The maximum Gasteiger partial charge on any atom is 0.224 e. The van der Waals surface area contributed by atoms with Crippen LogP contribution in [0.25, 0.3) is 0 Å². The molecular weight excluding hydrogens is 276 g/mol. The maximum absolute atomic E-state index is 12.1. The van der Waals surface area contributed by atoms with Crippen molar-refractivity contribution in [3.63, 3.8) is 0 Å². The van der Waals surface area contributed by atoms with Crippen molar-refractivity contribution in [1.29, 1.82) is 0 Å². The Hall–Kier alpha value is -2.62. The van der Waals surface area contributed by atoms with Crippen LogP contribution in [0.3, 0.4) is 0 Å². The van der Waals surface area contributed by atoms with E-state index in [2.05, 4.69) is 10.6 Å². The molecule has 0 saturated carbocycles. The van der Waals surface area contributed by atoms with Crippen LogP contribution in [0.2, 0.25) is 0 Å². The summed E-state index contributed by atoms with van der Waals surface area (Å²) >= 11 is 0. The summed E-state index contributed by atoms with van der Waals surface area (Å²) in [6, 6.07) is 15.4. The Balaban J connectivity index is 1.97. The first-order valence-electron chi connectivity index (χ1n) is 7.26. The van der Waals surface area contributed by atoms with E-state index in [0.29, 0.717) is 18.5 Å². The van der Waals surface area contributed by atoms with Gasteiger partial charge in [0.25, 0.3) is 0 Å². The molecule has 2 rings (SSSR count). The van der Waals surface area contributed by atoms with E-state index < -0.39 is 0 Å². The van der Waals surface area contributed by atoms with E-state index in [-0.39, 0.29) is 11.8 Å². The van der Waals surface area contributed by atoms with E-state index in [1.54, 1.807) is 6.07 Å². The summed E-state index contributed by atoms with van der Waals surface area (Å²) in [5, 5.41) is 5.62. The van der Waals surface area contributed by atoms with Crippen molar-refractivity contribution >= 4 is 23.2 Å². The molecule has 22 heavy (non-hydrogen) atoms. The number of hydrogen-bond donors (Lipinski definition) is 2. The van der Waals surface area contributed by atoms with Gasteiger partial charge in [0, 0.05) is 24.7 Å². The zero-order valence-corrected chi connectivity index (χ0v) is 12.8. The Labute approximate surface area is 130 Å². The summed E-state index contributed by atoms with van der Waals surface area (Å²) in [7, 11) is 0. The molecule has 0 spiro atoms. The van der Waals surface area contributed by atoms with E-state index >= 15 is 0 Å². The second-order valence-electron chi connectivity index (χ2n) is 5.24. The van der Waals surface area contributed by atoms with Gasteiger partial charge in [0.05, 0.1) is 0 Å². The minimum Gasteiger partial charge on any atom is -0.326 e. The monoisotopic (exact) mass is 296 g/mol. The van der Waals surface area contributed by atoms with Gasteiger partial charge >= 0.3 is 0 Å². The van der Waals surface area contributed by atoms with Crippen LogP contribution in [-0.2, 0) is 16.0 Å². The molecular formula is C18H20N2O2. The number of carbonyl (C=O) groups excluding carboxylic acids is 2. The lowest BCUT2D eigenvalue weighted by atomic mass is 10.1. The van der Waals surface area contributed by atoms with Gasteiger partial charge in [-0.3, -0.25) is 9.59 Å². The SMILES string of the molecule is CC(=O)Nc1ccc(C)c(NC(=O)CCc2ccccc2)c1. The van der Waals surface area contributed by atoms with Gasteiger partial charge in [0.1, 0.15) is 0 Å². The van der Waals surface area contributed by atoms with E-state index in [4.69, 9.17) is 0 Å². The fourth-order valence-corrected chi connectivity index (χ4v) is 2.15. The predicted molar refractivity (Wildman–Crippen MR) is 88.9 cm³/mol. The third kappa shape index (κ3) is 4.74. The van der Waals surface area contributed by atoms with Crippen LogP contribution in [0.1, 0.15) is 24.5 Å². The number of aryl methyl sites for hydroxylation is 2. The molecule has 0 unspecified atom stereocenters. The van der Waals surface area contributed by atoms with Gasteiger partial charge in [0.2, 0.25) is 11.8 Å². The highest BCUT2D eigenvalue weighted by molar-refractivity contribution is 5.94. The molecule has 2 amide bonds. The first-order chi connectivity index (χ1) is 10.5. The number of hydrogen-bond acceptors (Lipinski definition) is 2. The van der Waals surface area contributed by atoms with Gasteiger partial charge in [-0.2, -0.15) is 0 Å². The average molecular weight is 296 g/mol. The van der Waals surface area contributed by atoms with Crippen molar-refractivity contribution in [3.05, 3.63) is 59.7 Å². The highest BCUT2D eigenvalue weighted by Gasteiger charge is 2.07. The summed E-state index contributed by atoms with van der Waals surface area (Å²) in [6.07, 6.45) is 1.13. The molecule has 0 heterocycles. The van der Waals surface area contributed by atoms with Crippen molar-refractivity contribution in [2.75, 3.05) is 10.6 Å². The first kappa shape index (κ1) is 15.8. The minimum atomic E-state index is -0.134. The Morgan fingerprint density at radius 3 is 2.41 bits per heavy atom. The molecule has 0 aliphatic heterocycles. The third-order valence-electron chi connectivity index (χ3n) is 3.32. The van der Waals surface area contributed by atoms with Gasteiger partial charge in [-0.25, -0.2) is 0 Å². The van der Waals surface area contributed by atoms with Gasteiger partial charge in [-0.05, 0) is 36.6 Å². The topological polar surface area (TPSA) is 58.2 Å². The molecule has 0 aliphatic carbocycles. The molecule has 114 valence electrons. The first-order valence-corrected chi connectivity index (χ1v) is 7.26. The van der Waals surface area contributed by atoms with Gasteiger partial charge < -0.3 is 10.6 Å². The maximum atomic E-state index is 12.1. The molecule has 2 aromatic rings. The zero-order chi connectivity index (χ0) is 15.9. The Bertz CT molecular complexity index is 666. The molecule has 0 aliphatic rings. The third-order valence-corrected chi connectivity index (χ3v) is 3.32. The van der Waals surface area contributed by atoms with E-state index in [9.17, 15) is 9.59 Å². The molecule has 4 nitrogen and oxygen atoms in total. The number of nitrogens with one attached hydrogen (secondary N) is 2. The van der Waals surface area contributed by atoms with Crippen molar-refractivity contribution < 1.29 is 9.59 Å². The highest BCUT2D eigenvalue weighted by Crippen LogP contribution is 2.20. The van der Waals surface area contributed by atoms with Gasteiger partial charge in [-0.1, -0.05) is 36.4 Å². The lowest BCUT2D eigenvalue weighted by Gasteiger charge is -2.11. The zero-order valence-electron chi connectivity index (χ0n) is 12.8. The lowest BCUT2D eigenvalue weighted by molar-refractivity contribution is -0.116. The number of benzene rings is 2. The average Bonchev–Trinajstić information content (AvgIpc) is 2.49. The summed E-state index contributed by atoms with van der Waals surface area (Å²) in [5.41, 5.74) is 3.50. The van der Waals surface area contributed by atoms with Crippen LogP contribution in [0.5, 0.6) is 0 Å². The van der Waals surface area contributed by atoms with Crippen molar-refractivity contribution in [1.82, 2.24) is 0 Å². The fourth-order valence-electron chi connectivity index (χ4n) is 2.15. The Kier molecular flexibility index (Phi) is 5.31. The predicted octanol–water partition coefficient (Wildman–Crippen LogP) is 3.52. The van der Waals surface area contributed by atoms with Crippen LogP contribution in [0.15, 0.2) is 48.5 Å². The molecule has 0 fully saturated rings. The van der Waals surface area contributed by atoms with Crippen LogP contribution < -0.4 is 10.6 Å². The molecule has 0 radical (unpaired) electrons. The van der Waals surface area contributed by atoms with Gasteiger partial charge in [0.15, 0.2) is 0 Å². The molecule has 0 bridgehead atoms. The number of carbonyl (C=O) groups is 2. The number of anilines is 2. The number of rotatable bonds is 5. The Morgan fingerprint density at radius 1 is 1.00 bits per heavy atom. The summed E-state index contributed by atoms with van der Waals surface area (Å²) in [4.78, 5) is 23.2. The van der Waals surface area contributed by atoms with E-state index in [1.165, 1.54) is 6.92 Å². The van der Waals surface area contributed by atoms with Crippen LogP contribution in [0, 0.1) is 6.92 Å². The van der Waals surface area contributed by atoms with E-state index in [1.807, 2.05) is 49.4 Å². The van der Waals surface area contributed by atoms with Crippen molar-refractivity contribution in [2.24, 2.45) is 0 Å². The molecule has 4 heteroatoms. The van der Waals surface area contributed by atoms with Crippen LogP contribution >= 0.6 is 0 Å².